The second-order valence-electron chi connectivity index (χ2n) is 7.65. The van der Waals surface area contributed by atoms with Gasteiger partial charge in [0.2, 0.25) is 15.9 Å². The number of ether oxygens (including phenoxy) is 1. The second kappa shape index (κ2) is 10.5. The van der Waals surface area contributed by atoms with Gasteiger partial charge in [-0.05, 0) is 56.9 Å². The summed E-state index contributed by atoms with van der Waals surface area (Å²) in [6.07, 6.45) is 1.89. The molecule has 0 unspecified atom stereocenters. The Balaban J connectivity index is 1.85. The van der Waals surface area contributed by atoms with Crippen LogP contribution in [0.25, 0.3) is 0 Å². The standard InChI is InChI=1S/C23H32N2O4S/c1-17-15-19(3)23(20(4)16-17)25(30(5,27)28)13-8-11-22(26)24-12-14-29-21-10-7-6-9-18(21)2/h6-7,9-10,15-16H,8,11-14H2,1-5H3,(H,24,26). The summed E-state index contributed by atoms with van der Waals surface area (Å²) in [6.45, 7) is 8.83. The van der Waals surface area contributed by atoms with Crippen molar-refractivity contribution in [1.29, 1.82) is 0 Å². The molecule has 0 aliphatic rings. The first-order valence-electron chi connectivity index (χ1n) is 10.1. The highest BCUT2D eigenvalue weighted by Crippen LogP contribution is 2.28. The van der Waals surface area contributed by atoms with E-state index in [0.717, 1.165) is 28.0 Å². The number of carbonyl (C=O) groups excluding carboxylic acids is 1. The summed E-state index contributed by atoms with van der Waals surface area (Å²) in [5, 5.41) is 2.82. The Kier molecular flexibility index (Phi) is 8.29. The molecule has 0 heterocycles. The molecule has 7 heteroatoms. The lowest BCUT2D eigenvalue weighted by Crippen LogP contribution is -2.33. The minimum atomic E-state index is -3.45. The number of rotatable bonds is 10. The zero-order valence-corrected chi connectivity index (χ0v) is 19.3. The Hall–Kier alpha value is -2.54. The number of aryl methyl sites for hydroxylation is 4. The summed E-state index contributed by atoms with van der Waals surface area (Å²) in [5.41, 5.74) is 4.67. The van der Waals surface area contributed by atoms with E-state index in [1.54, 1.807) is 0 Å². The van der Waals surface area contributed by atoms with E-state index < -0.39 is 10.0 Å². The molecule has 0 radical (unpaired) electrons. The van der Waals surface area contributed by atoms with Crippen LogP contribution in [0.4, 0.5) is 5.69 Å². The zero-order valence-electron chi connectivity index (χ0n) is 18.5. The maximum atomic E-state index is 12.4. The highest BCUT2D eigenvalue weighted by molar-refractivity contribution is 7.92. The minimum Gasteiger partial charge on any atom is -0.491 e. The number of hydrogen-bond donors (Lipinski definition) is 1. The average molecular weight is 433 g/mol. The molecule has 0 saturated heterocycles. The molecule has 30 heavy (non-hydrogen) atoms. The fourth-order valence-electron chi connectivity index (χ4n) is 3.55. The van der Waals surface area contributed by atoms with Crippen LogP contribution in [0.1, 0.15) is 35.1 Å². The second-order valence-corrected chi connectivity index (χ2v) is 9.56. The average Bonchev–Trinajstić information content (AvgIpc) is 2.63. The van der Waals surface area contributed by atoms with Crippen molar-refractivity contribution in [3.63, 3.8) is 0 Å². The van der Waals surface area contributed by atoms with E-state index in [1.165, 1.54) is 10.6 Å². The largest absolute Gasteiger partial charge is 0.491 e. The molecule has 0 atom stereocenters. The molecule has 0 aliphatic heterocycles. The molecular weight excluding hydrogens is 400 g/mol. The Labute approximate surface area is 180 Å². The number of amides is 1. The summed E-state index contributed by atoms with van der Waals surface area (Å²) in [7, 11) is -3.45. The van der Waals surface area contributed by atoms with E-state index in [2.05, 4.69) is 5.32 Å². The quantitative estimate of drug-likeness (QED) is 0.582. The summed E-state index contributed by atoms with van der Waals surface area (Å²) >= 11 is 0. The van der Waals surface area contributed by atoms with Crippen molar-refractivity contribution in [3.8, 4) is 5.75 Å². The van der Waals surface area contributed by atoms with E-state index in [1.807, 2.05) is 64.1 Å². The number of benzene rings is 2. The van der Waals surface area contributed by atoms with Crippen molar-refractivity contribution in [1.82, 2.24) is 5.32 Å². The molecule has 0 saturated carbocycles. The van der Waals surface area contributed by atoms with Crippen molar-refractivity contribution in [3.05, 3.63) is 58.7 Å². The Bertz CT molecular complexity index is 963. The molecule has 0 aromatic heterocycles. The van der Waals surface area contributed by atoms with Gasteiger partial charge in [0.1, 0.15) is 12.4 Å². The highest BCUT2D eigenvalue weighted by atomic mass is 32.2. The normalized spacial score (nSPS) is 11.2. The van der Waals surface area contributed by atoms with Gasteiger partial charge in [-0.1, -0.05) is 35.9 Å². The summed E-state index contributed by atoms with van der Waals surface area (Å²) in [5.74, 6) is 0.688. The van der Waals surface area contributed by atoms with Gasteiger partial charge >= 0.3 is 0 Å². The van der Waals surface area contributed by atoms with Crippen LogP contribution in [-0.2, 0) is 14.8 Å². The van der Waals surface area contributed by atoms with Crippen molar-refractivity contribution >= 4 is 21.6 Å². The van der Waals surface area contributed by atoms with Crippen LogP contribution in [0.3, 0.4) is 0 Å². The predicted octanol–water partition coefficient (Wildman–Crippen LogP) is 3.66. The lowest BCUT2D eigenvalue weighted by atomic mass is 10.0. The monoisotopic (exact) mass is 432 g/mol. The number of carbonyl (C=O) groups is 1. The van der Waals surface area contributed by atoms with Crippen molar-refractivity contribution in [2.24, 2.45) is 0 Å². The maximum absolute atomic E-state index is 12.4. The van der Waals surface area contributed by atoms with Gasteiger partial charge in [-0.15, -0.1) is 0 Å². The van der Waals surface area contributed by atoms with E-state index in [9.17, 15) is 13.2 Å². The first kappa shape index (κ1) is 23.7. The summed E-state index contributed by atoms with van der Waals surface area (Å²) in [6, 6.07) is 11.7. The lowest BCUT2D eigenvalue weighted by molar-refractivity contribution is -0.121. The SMILES string of the molecule is Cc1cc(C)c(N(CCCC(=O)NCCOc2ccccc2C)S(C)(=O)=O)c(C)c1. The third-order valence-electron chi connectivity index (χ3n) is 4.83. The van der Waals surface area contributed by atoms with Crippen molar-refractivity contribution < 1.29 is 17.9 Å². The van der Waals surface area contributed by atoms with Gasteiger partial charge in [0, 0.05) is 13.0 Å². The molecule has 0 aliphatic carbocycles. The van der Waals surface area contributed by atoms with Crippen molar-refractivity contribution in [2.45, 2.75) is 40.5 Å². The van der Waals surface area contributed by atoms with Gasteiger partial charge < -0.3 is 10.1 Å². The molecule has 1 N–H and O–H groups in total. The molecule has 2 rings (SSSR count). The molecule has 164 valence electrons. The smallest absolute Gasteiger partial charge is 0.232 e. The molecule has 0 bridgehead atoms. The Morgan fingerprint density at radius 2 is 1.67 bits per heavy atom. The maximum Gasteiger partial charge on any atom is 0.232 e. The number of nitrogens with one attached hydrogen (secondary N) is 1. The topological polar surface area (TPSA) is 75.7 Å². The van der Waals surface area contributed by atoms with E-state index in [-0.39, 0.29) is 18.9 Å². The highest BCUT2D eigenvalue weighted by Gasteiger charge is 2.21. The van der Waals surface area contributed by atoms with Crippen molar-refractivity contribution in [2.75, 3.05) is 30.3 Å². The molecule has 2 aromatic rings. The third-order valence-corrected chi connectivity index (χ3v) is 5.99. The third kappa shape index (κ3) is 6.76. The van der Waals surface area contributed by atoms with E-state index in [4.69, 9.17) is 4.74 Å². The summed E-state index contributed by atoms with van der Waals surface area (Å²) < 4.78 is 31.8. The van der Waals surface area contributed by atoms with Gasteiger partial charge in [-0.3, -0.25) is 9.10 Å². The Morgan fingerprint density at radius 1 is 1.03 bits per heavy atom. The molecule has 1 amide bonds. The molecule has 6 nitrogen and oxygen atoms in total. The van der Waals surface area contributed by atoms with Crippen LogP contribution in [0.2, 0.25) is 0 Å². The first-order chi connectivity index (χ1) is 14.1. The molecular formula is C23H32N2O4S. The number of anilines is 1. The van der Waals surface area contributed by atoms with Gasteiger partial charge in [-0.25, -0.2) is 8.42 Å². The molecule has 0 spiro atoms. The fraction of sp³-hybridized carbons (Fsp3) is 0.435. The molecule has 0 fully saturated rings. The van der Waals surface area contributed by atoms with Crippen LogP contribution in [0.5, 0.6) is 5.75 Å². The fourth-order valence-corrected chi connectivity index (χ4v) is 4.63. The zero-order chi connectivity index (χ0) is 22.3. The van der Waals surface area contributed by atoms with Gasteiger partial charge in [0.25, 0.3) is 0 Å². The number of nitrogens with zero attached hydrogens (tertiary/aromatic N) is 1. The predicted molar refractivity (Wildman–Crippen MR) is 122 cm³/mol. The van der Waals surface area contributed by atoms with Crippen LogP contribution < -0.4 is 14.4 Å². The number of sulfonamides is 1. The van der Waals surface area contributed by atoms with E-state index in [0.29, 0.717) is 25.3 Å². The lowest BCUT2D eigenvalue weighted by Gasteiger charge is -2.26. The van der Waals surface area contributed by atoms with Crippen LogP contribution in [-0.4, -0.2) is 40.3 Å². The van der Waals surface area contributed by atoms with E-state index >= 15 is 0 Å². The van der Waals surface area contributed by atoms with Crippen LogP contribution in [0.15, 0.2) is 36.4 Å². The first-order valence-corrected chi connectivity index (χ1v) is 11.9. The Morgan fingerprint density at radius 3 is 2.27 bits per heavy atom. The number of hydrogen-bond acceptors (Lipinski definition) is 4. The summed E-state index contributed by atoms with van der Waals surface area (Å²) in [4.78, 5) is 12.1. The van der Waals surface area contributed by atoms with Crippen LogP contribution in [0, 0.1) is 27.7 Å². The van der Waals surface area contributed by atoms with Gasteiger partial charge in [0.15, 0.2) is 0 Å². The van der Waals surface area contributed by atoms with Gasteiger partial charge in [0.05, 0.1) is 18.5 Å². The van der Waals surface area contributed by atoms with Gasteiger partial charge in [-0.2, -0.15) is 0 Å². The van der Waals surface area contributed by atoms with Crippen LogP contribution >= 0.6 is 0 Å². The molecule has 2 aromatic carbocycles. The minimum absolute atomic E-state index is 0.116. The number of para-hydroxylation sites is 1.